The highest BCUT2D eigenvalue weighted by atomic mass is 19.3. The van der Waals surface area contributed by atoms with E-state index < -0.39 is 30.5 Å². The summed E-state index contributed by atoms with van der Waals surface area (Å²) in [5, 5.41) is 16.9. The van der Waals surface area contributed by atoms with Gasteiger partial charge in [-0.05, 0) is 6.92 Å². The van der Waals surface area contributed by atoms with Crippen LogP contribution in [0.2, 0.25) is 0 Å². The first-order valence-electron chi connectivity index (χ1n) is 3.28. The predicted molar refractivity (Wildman–Crippen MR) is 36.9 cm³/mol. The minimum atomic E-state index is -3.06. The van der Waals surface area contributed by atoms with Gasteiger partial charge in [0.2, 0.25) is 5.92 Å². The molecule has 0 rings (SSSR count). The van der Waals surface area contributed by atoms with Crippen LogP contribution in [-0.4, -0.2) is 34.3 Å². The summed E-state index contributed by atoms with van der Waals surface area (Å²) in [5.41, 5.74) is 4.99. The molecule has 4 N–H and O–H groups in total. The van der Waals surface area contributed by atoms with Crippen molar-refractivity contribution in [3.8, 4) is 0 Å². The van der Waals surface area contributed by atoms with Crippen LogP contribution in [0.25, 0.3) is 0 Å². The smallest absolute Gasteiger partial charge is 0.334 e. The van der Waals surface area contributed by atoms with Crippen LogP contribution >= 0.6 is 0 Å². The molecule has 0 amide bonds. The number of halogens is 2. The molecule has 0 spiro atoms. The maximum atomic E-state index is 12.2. The van der Waals surface area contributed by atoms with Crippen molar-refractivity contribution in [2.24, 2.45) is 5.73 Å². The molecule has 4 nitrogen and oxygen atoms in total. The molecule has 0 heterocycles. The summed E-state index contributed by atoms with van der Waals surface area (Å²) >= 11 is 0. The number of aliphatic hydroxyl groups is 1. The fourth-order valence-corrected chi connectivity index (χ4v) is 0.709. The molecule has 0 fully saturated rings. The Balaban J connectivity index is 4.04. The van der Waals surface area contributed by atoms with E-state index >= 15 is 0 Å². The summed E-state index contributed by atoms with van der Waals surface area (Å²) in [7, 11) is 0. The number of aliphatic hydroxyl groups excluding tert-OH is 1. The summed E-state index contributed by atoms with van der Waals surface area (Å²) < 4.78 is 24.4. The van der Waals surface area contributed by atoms with E-state index in [4.69, 9.17) is 15.9 Å². The molecule has 6 heteroatoms. The van der Waals surface area contributed by atoms with Gasteiger partial charge in [-0.25, -0.2) is 13.6 Å². The van der Waals surface area contributed by atoms with Gasteiger partial charge in [-0.3, -0.25) is 0 Å². The van der Waals surface area contributed by atoms with Crippen molar-refractivity contribution in [2.45, 2.75) is 31.4 Å². The lowest BCUT2D eigenvalue weighted by Gasteiger charge is -2.18. The zero-order valence-electron chi connectivity index (χ0n) is 6.50. The van der Waals surface area contributed by atoms with Gasteiger partial charge in [-0.1, -0.05) is 0 Å². The Bertz CT molecular complexity index is 169. The summed E-state index contributed by atoms with van der Waals surface area (Å²) in [6.07, 6.45) is -2.78. The Morgan fingerprint density at radius 1 is 1.67 bits per heavy atom. The fraction of sp³-hybridized carbons (Fsp3) is 0.833. The molecule has 0 aliphatic heterocycles. The van der Waals surface area contributed by atoms with Crippen LogP contribution in [0.4, 0.5) is 8.78 Å². The normalized spacial score (nSPS) is 17.1. The zero-order chi connectivity index (χ0) is 9.94. The molecule has 0 bridgehead atoms. The van der Waals surface area contributed by atoms with Gasteiger partial charge in [-0.2, -0.15) is 0 Å². The average molecular weight is 183 g/mol. The second-order valence-electron chi connectivity index (χ2n) is 2.72. The van der Waals surface area contributed by atoms with Crippen molar-refractivity contribution in [1.82, 2.24) is 0 Å². The summed E-state index contributed by atoms with van der Waals surface area (Å²) in [4.78, 5) is 10.1. The van der Waals surface area contributed by atoms with E-state index in [0.29, 0.717) is 6.92 Å². The number of carbonyl (C=O) groups is 1. The van der Waals surface area contributed by atoms with Gasteiger partial charge in [0.15, 0.2) is 6.10 Å². The Labute approximate surface area is 68.0 Å². The van der Waals surface area contributed by atoms with Crippen LogP contribution < -0.4 is 5.73 Å². The van der Waals surface area contributed by atoms with Crippen LogP contribution in [0.5, 0.6) is 0 Å². The minimum Gasteiger partial charge on any atom is -0.479 e. The molecular formula is C6H11F2NO3. The molecule has 0 aliphatic rings. The van der Waals surface area contributed by atoms with Gasteiger partial charge in [0.05, 0.1) is 0 Å². The van der Waals surface area contributed by atoms with Crippen molar-refractivity contribution < 1.29 is 23.8 Å². The molecule has 12 heavy (non-hydrogen) atoms. The van der Waals surface area contributed by atoms with E-state index in [0.717, 1.165) is 0 Å². The van der Waals surface area contributed by atoms with Crippen LogP contribution in [0.3, 0.4) is 0 Å². The topological polar surface area (TPSA) is 83.5 Å². The third-order valence-corrected chi connectivity index (χ3v) is 1.25. The molecule has 0 radical (unpaired) electrons. The molecule has 72 valence electrons. The first-order chi connectivity index (χ1) is 5.24. The maximum absolute atomic E-state index is 12.2. The quantitative estimate of drug-likeness (QED) is 0.563. The predicted octanol–water partition coefficient (Wildman–Crippen LogP) is -0.195. The molecule has 0 saturated carbocycles. The number of hydrogen-bond donors (Lipinski definition) is 3. The minimum absolute atomic E-state index is 0.613. The third-order valence-electron chi connectivity index (χ3n) is 1.25. The largest absolute Gasteiger partial charge is 0.479 e. The highest BCUT2D eigenvalue weighted by Gasteiger charge is 2.31. The highest BCUT2D eigenvalue weighted by molar-refractivity contribution is 5.72. The van der Waals surface area contributed by atoms with Crippen molar-refractivity contribution in [3.63, 3.8) is 0 Å². The van der Waals surface area contributed by atoms with E-state index in [2.05, 4.69) is 0 Å². The molecule has 0 saturated heterocycles. The molecular weight excluding hydrogens is 172 g/mol. The van der Waals surface area contributed by atoms with Crippen LogP contribution in [0.15, 0.2) is 0 Å². The number of rotatable bonds is 4. The van der Waals surface area contributed by atoms with Gasteiger partial charge in [0, 0.05) is 12.5 Å². The molecule has 2 atom stereocenters. The zero-order valence-corrected chi connectivity index (χ0v) is 6.50. The van der Waals surface area contributed by atoms with E-state index in [-0.39, 0.29) is 0 Å². The molecule has 0 aromatic heterocycles. The number of nitrogens with two attached hydrogens (primary N) is 1. The lowest BCUT2D eigenvalue weighted by Crippen LogP contribution is -2.43. The molecule has 2 unspecified atom stereocenters. The lowest BCUT2D eigenvalue weighted by molar-refractivity contribution is -0.148. The average Bonchev–Trinajstić information content (AvgIpc) is 1.82. The summed E-state index contributed by atoms with van der Waals surface area (Å²) in [5.74, 6) is -4.65. The van der Waals surface area contributed by atoms with E-state index in [1.54, 1.807) is 0 Å². The Hall–Kier alpha value is -0.750. The highest BCUT2D eigenvalue weighted by Crippen LogP contribution is 2.19. The van der Waals surface area contributed by atoms with E-state index in [1.807, 2.05) is 0 Å². The first kappa shape index (κ1) is 11.2. The van der Waals surface area contributed by atoms with Gasteiger partial charge in [0.25, 0.3) is 0 Å². The van der Waals surface area contributed by atoms with Crippen molar-refractivity contribution in [3.05, 3.63) is 0 Å². The summed E-state index contributed by atoms with van der Waals surface area (Å²) in [6, 6.07) is -1.44. The first-order valence-corrected chi connectivity index (χ1v) is 3.28. The second kappa shape index (κ2) is 3.77. The fourth-order valence-electron chi connectivity index (χ4n) is 0.709. The van der Waals surface area contributed by atoms with Gasteiger partial charge >= 0.3 is 5.97 Å². The molecule has 0 aliphatic carbocycles. The number of carboxylic acid groups (broad SMARTS) is 1. The van der Waals surface area contributed by atoms with Crippen LogP contribution in [0, 0.1) is 0 Å². The lowest BCUT2D eigenvalue weighted by atomic mass is 10.1. The third kappa shape index (κ3) is 4.20. The monoisotopic (exact) mass is 183 g/mol. The van der Waals surface area contributed by atoms with Crippen LogP contribution in [-0.2, 0) is 4.79 Å². The Morgan fingerprint density at radius 2 is 2.08 bits per heavy atom. The standard InChI is InChI=1S/C6H11F2NO3/c1-6(7,8)2-3(9)4(10)5(11)12/h3-4,10H,2,9H2,1H3,(H,11,12). The number of carboxylic acids is 1. The number of aliphatic carboxylic acids is 1. The van der Waals surface area contributed by atoms with Crippen molar-refractivity contribution >= 4 is 5.97 Å². The van der Waals surface area contributed by atoms with E-state index in [9.17, 15) is 13.6 Å². The van der Waals surface area contributed by atoms with Crippen molar-refractivity contribution in [2.75, 3.05) is 0 Å². The number of hydrogen-bond acceptors (Lipinski definition) is 3. The number of alkyl halides is 2. The van der Waals surface area contributed by atoms with Gasteiger partial charge in [0.1, 0.15) is 0 Å². The van der Waals surface area contributed by atoms with Crippen LogP contribution in [0.1, 0.15) is 13.3 Å². The van der Waals surface area contributed by atoms with Crippen molar-refractivity contribution in [1.29, 1.82) is 0 Å². The second-order valence-corrected chi connectivity index (χ2v) is 2.72. The van der Waals surface area contributed by atoms with E-state index in [1.165, 1.54) is 0 Å². The SMILES string of the molecule is CC(F)(F)CC(N)C(O)C(=O)O. The van der Waals surface area contributed by atoms with Gasteiger partial charge in [-0.15, -0.1) is 0 Å². The Morgan fingerprint density at radius 3 is 2.33 bits per heavy atom. The maximum Gasteiger partial charge on any atom is 0.334 e. The molecule has 0 aromatic rings. The van der Waals surface area contributed by atoms with Gasteiger partial charge < -0.3 is 15.9 Å². The molecule has 0 aromatic carbocycles. The summed E-state index contributed by atoms with van der Waals surface area (Å²) in [6.45, 7) is 0.613. The Kier molecular flexibility index (Phi) is 3.54.